The monoisotopic (exact) mass is 177 g/mol. The predicted octanol–water partition coefficient (Wildman–Crippen LogP) is 1.63. The van der Waals surface area contributed by atoms with Crippen LogP contribution in [0.25, 0.3) is 0 Å². The third-order valence-corrected chi connectivity index (χ3v) is 2.51. The van der Waals surface area contributed by atoms with Crippen LogP contribution in [0.2, 0.25) is 0 Å². The normalized spacial score (nSPS) is 18.6. The van der Waals surface area contributed by atoms with Crippen LogP contribution in [-0.2, 0) is 0 Å². The van der Waals surface area contributed by atoms with Crippen LogP contribution in [-0.4, -0.2) is 17.0 Å². The molecule has 1 aliphatic rings. The minimum Gasteiger partial charge on any atom is -0.312 e. The van der Waals surface area contributed by atoms with Gasteiger partial charge in [-0.25, -0.2) is 9.97 Å². The molecule has 1 aromatic heterocycles. The van der Waals surface area contributed by atoms with Crippen molar-refractivity contribution in [1.29, 1.82) is 0 Å². The molecule has 0 radical (unpaired) electrons. The number of hydrogen-bond acceptors (Lipinski definition) is 3. The summed E-state index contributed by atoms with van der Waals surface area (Å²) < 4.78 is 0. The Morgan fingerprint density at radius 2 is 2.31 bits per heavy atom. The summed E-state index contributed by atoms with van der Waals surface area (Å²) in [5, 5.41) is 3.18. The third kappa shape index (κ3) is 1.86. The molecule has 13 heavy (non-hydrogen) atoms. The van der Waals surface area contributed by atoms with Gasteiger partial charge in [0.15, 0.2) is 0 Å². The molecule has 1 saturated carbocycles. The first-order chi connectivity index (χ1) is 6.31. The van der Waals surface area contributed by atoms with E-state index in [9.17, 15) is 0 Å². The highest BCUT2D eigenvalue weighted by molar-refractivity contribution is 5.12. The molecule has 0 aromatic carbocycles. The Hall–Kier alpha value is -0.960. The van der Waals surface area contributed by atoms with Crippen molar-refractivity contribution in [3.63, 3.8) is 0 Å². The first kappa shape index (κ1) is 8.63. The van der Waals surface area contributed by atoms with Crippen molar-refractivity contribution < 1.29 is 0 Å². The fourth-order valence-electron chi connectivity index (χ4n) is 1.32. The van der Waals surface area contributed by atoms with Crippen LogP contribution in [0, 0.1) is 0 Å². The lowest BCUT2D eigenvalue weighted by Gasteiger charge is -2.09. The Kier molecular flexibility index (Phi) is 2.27. The third-order valence-electron chi connectivity index (χ3n) is 2.51. The van der Waals surface area contributed by atoms with Crippen LogP contribution < -0.4 is 5.32 Å². The second kappa shape index (κ2) is 3.42. The van der Waals surface area contributed by atoms with Crippen LogP contribution in [0.15, 0.2) is 12.3 Å². The minimum atomic E-state index is 0.320. The number of hydrogen-bond donors (Lipinski definition) is 1. The largest absolute Gasteiger partial charge is 0.312 e. The van der Waals surface area contributed by atoms with E-state index < -0.39 is 0 Å². The Balaban J connectivity index is 2.21. The molecule has 1 N–H and O–H groups in total. The van der Waals surface area contributed by atoms with Gasteiger partial charge in [-0.15, -0.1) is 0 Å². The highest BCUT2D eigenvalue weighted by atomic mass is 14.9. The van der Waals surface area contributed by atoms with Gasteiger partial charge in [0.1, 0.15) is 5.82 Å². The summed E-state index contributed by atoms with van der Waals surface area (Å²) in [5.74, 6) is 1.67. The molecule has 3 nitrogen and oxygen atoms in total. The molecule has 1 fully saturated rings. The van der Waals surface area contributed by atoms with Crippen molar-refractivity contribution in [1.82, 2.24) is 15.3 Å². The van der Waals surface area contributed by atoms with Gasteiger partial charge in [-0.1, -0.05) is 0 Å². The van der Waals surface area contributed by atoms with Gasteiger partial charge in [0.2, 0.25) is 0 Å². The maximum Gasteiger partial charge on any atom is 0.131 e. The first-order valence-electron chi connectivity index (χ1n) is 4.81. The second-order valence-electron chi connectivity index (χ2n) is 3.62. The van der Waals surface area contributed by atoms with Gasteiger partial charge >= 0.3 is 0 Å². The van der Waals surface area contributed by atoms with E-state index in [1.54, 1.807) is 0 Å². The van der Waals surface area contributed by atoms with Gasteiger partial charge in [0, 0.05) is 18.2 Å². The number of aromatic nitrogens is 2. The van der Waals surface area contributed by atoms with Crippen molar-refractivity contribution in [3.05, 3.63) is 23.8 Å². The first-order valence-corrected chi connectivity index (χ1v) is 4.81. The van der Waals surface area contributed by atoms with E-state index in [2.05, 4.69) is 22.2 Å². The van der Waals surface area contributed by atoms with Crippen molar-refractivity contribution >= 4 is 0 Å². The minimum absolute atomic E-state index is 0.320. The maximum atomic E-state index is 4.53. The summed E-state index contributed by atoms with van der Waals surface area (Å²) in [4.78, 5) is 8.81. The van der Waals surface area contributed by atoms with Gasteiger partial charge in [-0.05, 0) is 32.9 Å². The highest BCUT2D eigenvalue weighted by Crippen LogP contribution is 2.37. The van der Waals surface area contributed by atoms with E-state index in [0.29, 0.717) is 12.0 Å². The molecule has 0 aliphatic heterocycles. The molecule has 0 saturated heterocycles. The van der Waals surface area contributed by atoms with Crippen LogP contribution in [0.1, 0.15) is 43.2 Å². The Morgan fingerprint density at radius 1 is 1.54 bits per heavy atom. The summed E-state index contributed by atoms with van der Waals surface area (Å²) in [6.45, 7) is 2.11. The molecule has 1 heterocycles. The number of rotatable bonds is 3. The molecule has 0 bridgehead atoms. The van der Waals surface area contributed by atoms with Crippen molar-refractivity contribution in [2.24, 2.45) is 0 Å². The maximum absolute atomic E-state index is 4.53. The van der Waals surface area contributed by atoms with Crippen molar-refractivity contribution in [2.75, 3.05) is 7.05 Å². The Bertz CT molecular complexity index is 294. The summed E-state index contributed by atoms with van der Waals surface area (Å²) in [5.41, 5.74) is 1.10. The van der Waals surface area contributed by atoms with E-state index in [1.165, 1.54) is 12.8 Å². The lowest BCUT2D eigenvalue weighted by molar-refractivity contribution is 0.624. The molecule has 1 aliphatic carbocycles. The van der Waals surface area contributed by atoms with E-state index in [4.69, 9.17) is 0 Å². The van der Waals surface area contributed by atoms with Gasteiger partial charge in [-0.3, -0.25) is 0 Å². The van der Waals surface area contributed by atoms with Gasteiger partial charge in [-0.2, -0.15) is 0 Å². The van der Waals surface area contributed by atoms with Crippen LogP contribution in [0.3, 0.4) is 0 Å². The summed E-state index contributed by atoms with van der Waals surface area (Å²) in [7, 11) is 1.95. The topological polar surface area (TPSA) is 37.8 Å². The lowest BCUT2D eigenvalue weighted by Crippen LogP contribution is -2.14. The highest BCUT2D eigenvalue weighted by Gasteiger charge is 2.26. The molecule has 0 spiro atoms. The number of nitrogens with zero attached hydrogens (tertiary/aromatic N) is 2. The molecule has 3 heteroatoms. The standard InChI is InChI=1S/C10H15N3/c1-7(11-2)9-5-6-12-10(13-9)8-3-4-8/h5-8,11H,3-4H2,1-2H3. The molecule has 70 valence electrons. The summed E-state index contributed by atoms with van der Waals surface area (Å²) in [6.07, 6.45) is 4.39. The molecule has 1 atom stereocenters. The molecular formula is C10H15N3. The van der Waals surface area contributed by atoms with Crippen LogP contribution in [0.4, 0.5) is 0 Å². The van der Waals surface area contributed by atoms with E-state index in [-0.39, 0.29) is 0 Å². The lowest BCUT2D eigenvalue weighted by atomic mass is 10.2. The quantitative estimate of drug-likeness (QED) is 0.762. The van der Waals surface area contributed by atoms with E-state index in [0.717, 1.165) is 11.5 Å². The Morgan fingerprint density at radius 3 is 2.92 bits per heavy atom. The predicted molar refractivity (Wildman–Crippen MR) is 51.5 cm³/mol. The molecule has 0 amide bonds. The molecular weight excluding hydrogens is 162 g/mol. The van der Waals surface area contributed by atoms with Crippen molar-refractivity contribution in [3.8, 4) is 0 Å². The average Bonchev–Trinajstić information content (AvgIpc) is 3.00. The number of nitrogens with one attached hydrogen (secondary N) is 1. The average molecular weight is 177 g/mol. The molecule has 2 rings (SSSR count). The van der Waals surface area contributed by atoms with Gasteiger partial charge < -0.3 is 5.32 Å². The summed E-state index contributed by atoms with van der Waals surface area (Å²) in [6, 6.07) is 2.30. The van der Waals surface area contributed by atoms with Crippen LogP contribution >= 0.6 is 0 Å². The smallest absolute Gasteiger partial charge is 0.131 e. The fraction of sp³-hybridized carbons (Fsp3) is 0.600. The fourth-order valence-corrected chi connectivity index (χ4v) is 1.32. The Labute approximate surface area is 78.6 Å². The zero-order chi connectivity index (χ0) is 9.26. The van der Waals surface area contributed by atoms with E-state index >= 15 is 0 Å². The van der Waals surface area contributed by atoms with Gasteiger partial charge in [0.25, 0.3) is 0 Å². The zero-order valence-electron chi connectivity index (χ0n) is 8.12. The molecule has 1 aromatic rings. The SMILES string of the molecule is CNC(C)c1ccnc(C2CC2)n1. The second-order valence-corrected chi connectivity index (χ2v) is 3.62. The molecule has 1 unspecified atom stereocenters. The van der Waals surface area contributed by atoms with E-state index in [1.807, 2.05) is 19.3 Å². The zero-order valence-corrected chi connectivity index (χ0v) is 8.12. The van der Waals surface area contributed by atoms with Gasteiger partial charge in [0.05, 0.1) is 5.69 Å². The summed E-state index contributed by atoms with van der Waals surface area (Å²) >= 11 is 0. The van der Waals surface area contributed by atoms with Crippen LogP contribution in [0.5, 0.6) is 0 Å². The van der Waals surface area contributed by atoms with Crippen molar-refractivity contribution in [2.45, 2.75) is 31.7 Å².